The van der Waals surface area contributed by atoms with Crippen molar-refractivity contribution in [3.63, 3.8) is 0 Å². The predicted molar refractivity (Wildman–Crippen MR) is 88.8 cm³/mol. The largest absolute Gasteiger partial charge is 0.373 e. The van der Waals surface area contributed by atoms with Gasteiger partial charge in [-0.25, -0.2) is 9.97 Å². The van der Waals surface area contributed by atoms with E-state index in [9.17, 15) is 4.79 Å². The van der Waals surface area contributed by atoms with E-state index in [2.05, 4.69) is 47.9 Å². The molecule has 0 bridgehead atoms. The van der Waals surface area contributed by atoms with Gasteiger partial charge in [0, 0.05) is 19.3 Å². The highest BCUT2D eigenvalue weighted by Crippen LogP contribution is 2.18. The second-order valence-corrected chi connectivity index (χ2v) is 6.71. The van der Waals surface area contributed by atoms with Gasteiger partial charge in [-0.1, -0.05) is 13.8 Å². The average molecular weight is 320 g/mol. The summed E-state index contributed by atoms with van der Waals surface area (Å²) in [7, 11) is 0. The van der Waals surface area contributed by atoms with Gasteiger partial charge in [0.2, 0.25) is 5.91 Å². The summed E-state index contributed by atoms with van der Waals surface area (Å²) in [4.78, 5) is 23.4. The van der Waals surface area contributed by atoms with E-state index in [0.717, 1.165) is 18.8 Å². The van der Waals surface area contributed by atoms with Gasteiger partial charge in [0.15, 0.2) is 0 Å². The summed E-state index contributed by atoms with van der Waals surface area (Å²) in [6.07, 6.45) is 2.02. The van der Waals surface area contributed by atoms with E-state index in [1.54, 1.807) is 6.20 Å². The summed E-state index contributed by atoms with van der Waals surface area (Å²) >= 11 is 0. The molecule has 1 N–H and O–H groups in total. The van der Waals surface area contributed by atoms with Gasteiger partial charge in [0.1, 0.15) is 5.82 Å². The highest BCUT2D eigenvalue weighted by atomic mass is 16.5. The molecule has 23 heavy (non-hydrogen) atoms. The fourth-order valence-electron chi connectivity index (χ4n) is 3.22. The molecule has 2 rings (SSSR count). The number of morpholine rings is 1. The van der Waals surface area contributed by atoms with Crippen molar-refractivity contribution in [1.82, 2.24) is 20.2 Å². The van der Waals surface area contributed by atoms with Crippen molar-refractivity contribution < 1.29 is 9.53 Å². The van der Waals surface area contributed by atoms with E-state index >= 15 is 0 Å². The maximum atomic E-state index is 12.7. The van der Waals surface area contributed by atoms with Crippen LogP contribution in [-0.4, -0.2) is 52.1 Å². The van der Waals surface area contributed by atoms with Crippen LogP contribution in [0.4, 0.5) is 0 Å². The number of hydrogen-bond donors (Lipinski definition) is 1. The topological polar surface area (TPSA) is 67.4 Å². The smallest absolute Gasteiger partial charge is 0.237 e. The Morgan fingerprint density at radius 1 is 1.39 bits per heavy atom. The monoisotopic (exact) mass is 320 g/mol. The lowest BCUT2D eigenvalue weighted by Gasteiger charge is -2.41. The summed E-state index contributed by atoms with van der Waals surface area (Å²) in [6, 6.07) is 1.68. The molecule has 1 aromatic heterocycles. The molecule has 1 amide bonds. The molecule has 1 fully saturated rings. The molecule has 1 aromatic rings. The van der Waals surface area contributed by atoms with Crippen LogP contribution >= 0.6 is 0 Å². The van der Waals surface area contributed by atoms with Gasteiger partial charge >= 0.3 is 0 Å². The molecule has 0 spiro atoms. The number of hydrogen-bond acceptors (Lipinski definition) is 5. The SMILES string of the molecule is Cc1nccc(CNC(=O)[C@H](C(C)C)N2C[C@H](C)O[C@@H](C)C2)n1. The molecular formula is C17H28N4O2. The number of rotatable bonds is 5. The minimum atomic E-state index is -0.147. The average Bonchev–Trinajstić information content (AvgIpc) is 2.44. The molecule has 0 radical (unpaired) electrons. The van der Waals surface area contributed by atoms with Crippen LogP contribution in [0.25, 0.3) is 0 Å². The third kappa shape index (κ3) is 4.97. The van der Waals surface area contributed by atoms with Crippen LogP contribution in [-0.2, 0) is 16.1 Å². The van der Waals surface area contributed by atoms with E-state index in [4.69, 9.17) is 4.74 Å². The molecule has 1 aliphatic heterocycles. The van der Waals surface area contributed by atoms with E-state index in [0.29, 0.717) is 12.4 Å². The Balaban J connectivity index is 2.01. The minimum Gasteiger partial charge on any atom is -0.373 e. The van der Waals surface area contributed by atoms with Crippen LogP contribution in [0.5, 0.6) is 0 Å². The van der Waals surface area contributed by atoms with E-state index in [1.807, 2.05) is 13.0 Å². The summed E-state index contributed by atoms with van der Waals surface area (Å²) in [5.74, 6) is 1.00. The Bertz CT molecular complexity index is 525. The fraction of sp³-hybridized carbons (Fsp3) is 0.706. The van der Waals surface area contributed by atoms with Gasteiger partial charge in [-0.15, -0.1) is 0 Å². The summed E-state index contributed by atoms with van der Waals surface area (Å²) in [6.45, 7) is 12.1. The molecule has 1 aliphatic rings. The van der Waals surface area contributed by atoms with Gasteiger partial charge in [-0.05, 0) is 32.8 Å². The third-order valence-electron chi connectivity index (χ3n) is 4.02. The zero-order valence-corrected chi connectivity index (χ0v) is 14.7. The van der Waals surface area contributed by atoms with Gasteiger partial charge in [0.05, 0.1) is 30.5 Å². The highest BCUT2D eigenvalue weighted by Gasteiger charge is 2.33. The van der Waals surface area contributed by atoms with Gasteiger partial charge in [0.25, 0.3) is 0 Å². The van der Waals surface area contributed by atoms with Crippen molar-refractivity contribution in [3.05, 3.63) is 23.8 Å². The number of aromatic nitrogens is 2. The molecule has 6 nitrogen and oxygen atoms in total. The van der Waals surface area contributed by atoms with Crippen LogP contribution in [0, 0.1) is 12.8 Å². The highest BCUT2D eigenvalue weighted by molar-refractivity contribution is 5.82. The van der Waals surface area contributed by atoms with Crippen molar-refractivity contribution in [2.75, 3.05) is 13.1 Å². The Labute approximate surface area is 138 Å². The number of carbonyl (C=O) groups is 1. The van der Waals surface area contributed by atoms with Crippen LogP contribution < -0.4 is 5.32 Å². The molecule has 2 heterocycles. The fourth-order valence-corrected chi connectivity index (χ4v) is 3.22. The first-order chi connectivity index (χ1) is 10.9. The van der Waals surface area contributed by atoms with Crippen molar-refractivity contribution in [1.29, 1.82) is 0 Å². The molecule has 1 saturated heterocycles. The number of amides is 1. The first-order valence-electron chi connectivity index (χ1n) is 8.32. The Kier molecular flexibility index (Phi) is 6.07. The predicted octanol–water partition coefficient (Wildman–Crippen LogP) is 1.54. The van der Waals surface area contributed by atoms with Crippen LogP contribution in [0.3, 0.4) is 0 Å². The van der Waals surface area contributed by atoms with E-state index < -0.39 is 0 Å². The first kappa shape index (κ1) is 17.8. The van der Waals surface area contributed by atoms with Crippen LogP contribution in [0.15, 0.2) is 12.3 Å². The van der Waals surface area contributed by atoms with Crippen molar-refractivity contribution in [2.45, 2.75) is 59.4 Å². The molecule has 6 heteroatoms. The van der Waals surface area contributed by atoms with Crippen LogP contribution in [0.1, 0.15) is 39.2 Å². The number of nitrogens with zero attached hydrogens (tertiary/aromatic N) is 3. The summed E-state index contributed by atoms with van der Waals surface area (Å²) in [5, 5.41) is 3.02. The molecule has 3 atom stereocenters. The van der Waals surface area contributed by atoms with Crippen molar-refractivity contribution >= 4 is 5.91 Å². The Morgan fingerprint density at radius 2 is 2.04 bits per heavy atom. The van der Waals surface area contributed by atoms with Crippen LogP contribution in [0.2, 0.25) is 0 Å². The van der Waals surface area contributed by atoms with Crippen molar-refractivity contribution in [2.24, 2.45) is 5.92 Å². The lowest BCUT2D eigenvalue weighted by molar-refractivity contribution is -0.135. The van der Waals surface area contributed by atoms with E-state index in [-0.39, 0.29) is 30.1 Å². The summed E-state index contributed by atoms with van der Waals surface area (Å²) in [5.41, 5.74) is 0.831. The molecule has 0 unspecified atom stereocenters. The molecule has 0 aliphatic carbocycles. The van der Waals surface area contributed by atoms with E-state index in [1.165, 1.54) is 0 Å². The molecule has 0 aromatic carbocycles. The maximum Gasteiger partial charge on any atom is 0.237 e. The second kappa shape index (κ2) is 7.84. The quantitative estimate of drug-likeness (QED) is 0.891. The lowest BCUT2D eigenvalue weighted by Crippen LogP contribution is -2.56. The number of carbonyl (C=O) groups excluding carboxylic acids is 1. The number of nitrogens with one attached hydrogen (secondary N) is 1. The minimum absolute atomic E-state index is 0.0533. The lowest BCUT2D eigenvalue weighted by atomic mass is 9.99. The number of aryl methyl sites for hydroxylation is 1. The van der Waals surface area contributed by atoms with Gasteiger partial charge in [-0.2, -0.15) is 0 Å². The Morgan fingerprint density at radius 3 is 2.61 bits per heavy atom. The zero-order valence-electron chi connectivity index (χ0n) is 14.7. The van der Waals surface area contributed by atoms with Crippen molar-refractivity contribution in [3.8, 4) is 0 Å². The molecule has 0 saturated carbocycles. The zero-order chi connectivity index (χ0) is 17.0. The van der Waals surface area contributed by atoms with Gasteiger partial charge in [-0.3, -0.25) is 9.69 Å². The normalized spacial score (nSPS) is 23.7. The third-order valence-corrected chi connectivity index (χ3v) is 4.02. The van der Waals surface area contributed by atoms with Gasteiger partial charge < -0.3 is 10.1 Å². The number of ether oxygens (including phenoxy) is 1. The second-order valence-electron chi connectivity index (χ2n) is 6.71. The maximum absolute atomic E-state index is 12.7. The standard InChI is InChI=1S/C17H28N4O2/c1-11(2)16(21-9-12(3)23-13(4)10-21)17(22)19-8-15-6-7-18-14(5)20-15/h6-7,11-13,16H,8-10H2,1-5H3,(H,19,22)/t12-,13-,16-/m0/s1. The molecule has 128 valence electrons. The summed E-state index contributed by atoms with van der Waals surface area (Å²) < 4.78 is 5.78. The Hall–Kier alpha value is -1.53. The molecular weight excluding hydrogens is 292 g/mol. The first-order valence-corrected chi connectivity index (χ1v) is 8.32.